The zero-order valence-electron chi connectivity index (χ0n) is 9.79. The molecule has 0 fully saturated rings. The van der Waals surface area contributed by atoms with Gasteiger partial charge in [0, 0.05) is 5.56 Å². The maximum absolute atomic E-state index is 13.9. The van der Waals surface area contributed by atoms with Gasteiger partial charge in [-0.05, 0) is 11.6 Å². The van der Waals surface area contributed by atoms with E-state index < -0.39 is 23.6 Å². The summed E-state index contributed by atoms with van der Waals surface area (Å²) in [6.45, 7) is 0. The second kappa shape index (κ2) is 5.01. The van der Waals surface area contributed by atoms with Crippen molar-refractivity contribution >= 4 is 0 Å². The highest BCUT2D eigenvalue weighted by atomic mass is 19.4. The molecule has 2 rings (SSSR count). The van der Waals surface area contributed by atoms with E-state index >= 15 is 0 Å². The van der Waals surface area contributed by atoms with Gasteiger partial charge in [-0.3, -0.25) is 0 Å². The molecule has 0 radical (unpaired) electrons. The molecule has 1 nitrogen and oxygen atoms in total. The number of halogens is 4. The summed E-state index contributed by atoms with van der Waals surface area (Å²) in [6, 6.07) is 10.6. The van der Waals surface area contributed by atoms with Crippen LogP contribution in [-0.2, 0) is 6.18 Å². The van der Waals surface area contributed by atoms with Crippen molar-refractivity contribution in [1.29, 1.82) is 0 Å². The monoisotopic (exact) mass is 269 g/mol. The van der Waals surface area contributed by atoms with Crippen LogP contribution in [0.5, 0.6) is 0 Å². The average molecular weight is 269 g/mol. The van der Waals surface area contributed by atoms with Gasteiger partial charge in [0.15, 0.2) is 0 Å². The maximum Gasteiger partial charge on any atom is 0.419 e. The Morgan fingerprint density at radius 2 is 1.53 bits per heavy atom. The zero-order chi connectivity index (χ0) is 14.0. The highest BCUT2D eigenvalue weighted by molar-refractivity contribution is 5.36. The van der Waals surface area contributed by atoms with E-state index in [9.17, 15) is 17.6 Å². The third-order valence-electron chi connectivity index (χ3n) is 2.83. The highest BCUT2D eigenvalue weighted by Crippen LogP contribution is 2.34. The Bertz CT molecular complexity index is 563. The number of rotatable bonds is 2. The lowest BCUT2D eigenvalue weighted by Gasteiger charge is -2.16. The normalized spacial score (nSPS) is 13.3. The van der Waals surface area contributed by atoms with Gasteiger partial charge in [0.2, 0.25) is 0 Å². The van der Waals surface area contributed by atoms with E-state index in [1.54, 1.807) is 30.3 Å². The topological polar surface area (TPSA) is 26.0 Å². The predicted octanol–water partition coefficient (Wildman–Crippen LogP) is 3.89. The lowest BCUT2D eigenvalue weighted by atomic mass is 9.97. The summed E-state index contributed by atoms with van der Waals surface area (Å²) >= 11 is 0. The summed E-state index contributed by atoms with van der Waals surface area (Å²) in [7, 11) is 0. The van der Waals surface area contributed by atoms with Crippen molar-refractivity contribution < 1.29 is 17.6 Å². The molecule has 2 N–H and O–H groups in total. The van der Waals surface area contributed by atoms with Gasteiger partial charge < -0.3 is 5.73 Å². The van der Waals surface area contributed by atoms with Crippen molar-refractivity contribution in [1.82, 2.24) is 0 Å². The fraction of sp³-hybridized carbons (Fsp3) is 0.143. The smallest absolute Gasteiger partial charge is 0.320 e. The van der Waals surface area contributed by atoms with Crippen molar-refractivity contribution in [2.24, 2.45) is 5.73 Å². The molecular formula is C14H11F4N. The molecule has 0 aliphatic carbocycles. The zero-order valence-corrected chi connectivity index (χ0v) is 9.79. The van der Waals surface area contributed by atoms with E-state index in [1.807, 2.05) is 0 Å². The molecule has 0 aliphatic rings. The Labute approximate surface area is 107 Å². The first-order chi connectivity index (χ1) is 8.91. The third-order valence-corrected chi connectivity index (χ3v) is 2.83. The summed E-state index contributed by atoms with van der Waals surface area (Å²) in [6.07, 6.45) is -4.73. The predicted molar refractivity (Wildman–Crippen MR) is 63.9 cm³/mol. The van der Waals surface area contributed by atoms with Gasteiger partial charge in [-0.15, -0.1) is 0 Å². The van der Waals surface area contributed by atoms with E-state index in [2.05, 4.69) is 0 Å². The molecular weight excluding hydrogens is 258 g/mol. The minimum absolute atomic E-state index is 0.166. The second-order valence-corrected chi connectivity index (χ2v) is 4.09. The first-order valence-electron chi connectivity index (χ1n) is 5.57. The van der Waals surface area contributed by atoms with Gasteiger partial charge in [0.1, 0.15) is 5.82 Å². The molecule has 0 aliphatic heterocycles. The third kappa shape index (κ3) is 2.76. The van der Waals surface area contributed by atoms with Crippen LogP contribution in [0.1, 0.15) is 22.7 Å². The Kier molecular flexibility index (Phi) is 3.57. The molecule has 5 heteroatoms. The number of hydrogen-bond donors (Lipinski definition) is 1. The summed E-state index contributed by atoms with van der Waals surface area (Å²) < 4.78 is 51.7. The van der Waals surface area contributed by atoms with Crippen molar-refractivity contribution in [3.63, 3.8) is 0 Å². The van der Waals surface area contributed by atoms with Crippen LogP contribution in [0.15, 0.2) is 48.5 Å². The van der Waals surface area contributed by atoms with E-state index in [-0.39, 0.29) is 5.56 Å². The molecule has 0 aromatic heterocycles. The summed E-state index contributed by atoms with van der Waals surface area (Å²) in [4.78, 5) is 0. The first kappa shape index (κ1) is 13.5. The molecule has 0 heterocycles. The van der Waals surface area contributed by atoms with Crippen LogP contribution in [-0.4, -0.2) is 0 Å². The minimum atomic E-state index is -4.73. The van der Waals surface area contributed by atoms with Gasteiger partial charge >= 0.3 is 6.18 Å². The molecule has 1 atom stereocenters. The number of alkyl halides is 3. The Morgan fingerprint density at radius 3 is 2.11 bits per heavy atom. The molecule has 2 aromatic rings. The average Bonchev–Trinajstić information content (AvgIpc) is 2.38. The minimum Gasteiger partial charge on any atom is -0.320 e. The van der Waals surface area contributed by atoms with Crippen LogP contribution >= 0.6 is 0 Å². The van der Waals surface area contributed by atoms with E-state index in [0.29, 0.717) is 11.6 Å². The SMILES string of the molecule is NC(c1ccccc1)c1cccc(C(F)(F)F)c1F. The Hall–Kier alpha value is -1.88. The van der Waals surface area contributed by atoms with Crippen molar-refractivity contribution in [3.05, 3.63) is 71.0 Å². The van der Waals surface area contributed by atoms with Crippen LogP contribution in [0, 0.1) is 5.82 Å². The molecule has 0 amide bonds. The number of nitrogens with two attached hydrogens (primary N) is 1. The van der Waals surface area contributed by atoms with Gasteiger partial charge in [0.05, 0.1) is 11.6 Å². The van der Waals surface area contributed by atoms with E-state index in [4.69, 9.17) is 5.73 Å². The molecule has 100 valence electrons. The Morgan fingerprint density at radius 1 is 0.895 bits per heavy atom. The molecule has 0 bridgehead atoms. The molecule has 0 saturated carbocycles. The molecule has 0 saturated heterocycles. The van der Waals surface area contributed by atoms with Gasteiger partial charge in [-0.2, -0.15) is 13.2 Å². The molecule has 0 spiro atoms. The second-order valence-electron chi connectivity index (χ2n) is 4.09. The first-order valence-corrected chi connectivity index (χ1v) is 5.57. The maximum atomic E-state index is 13.9. The van der Waals surface area contributed by atoms with Crippen LogP contribution in [0.4, 0.5) is 17.6 Å². The van der Waals surface area contributed by atoms with Crippen molar-refractivity contribution in [3.8, 4) is 0 Å². The number of hydrogen-bond acceptors (Lipinski definition) is 1. The van der Waals surface area contributed by atoms with Gasteiger partial charge in [-0.25, -0.2) is 4.39 Å². The summed E-state index contributed by atoms with van der Waals surface area (Å²) in [5, 5.41) is 0. The fourth-order valence-electron chi connectivity index (χ4n) is 1.85. The number of benzene rings is 2. The van der Waals surface area contributed by atoms with Crippen molar-refractivity contribution in [2.75, 3.05) is 0 Å². The lowest BCUT2D eigenvalue weighted by Crippen LogP contribution is -2.17. The lowest BCUT2D eigenvalue weighted by molar-refractivity contribution is -0.140. The molecule has 1 unspecified atom stereocenters. The van der Waals surface area contributed by atoms with Crippen LogP contribution < -0.4 is 5.73 Å². The largest absolute Gasteiger partial charge is 0.419 e. The van der Waals surface area contributed by atoms with Crippen LogP contribution in [0.25, 0.3) is 0 Å². The van der Waals surface area contributed by atoms with E-state index in [1.165, 1.54) is 6.07 Å². The standard InChI is InChI=1S/C14H11F4N/c15-12-10(7-4-8-11(12)14(16,17)18)13(19)9-5-2-1-3-6-9/h1-8,13H,19H2. The summed E-state index contributed by atoms with van der Waals surface area (Å²) in [5.41, 5.74) is 4.92. The quantitative estimate of drug-likeness (QED) is 0.822. The highest BCUT2D eigenvalue weighted by Gasteiger charge is 2.35. The van der Waals surface area contributed by atoms with Gasteiger partial charge in [0.25, 0.3) is 0 Å². The van der Waals surface area contributed by atoms with Gasteiger partial charge in [-0.1, -0.05) is 42.5 Å². The van der Waals surface area contributed by atoms with E-state index in [0.717, 1.165) is 6.07 Å². The molecule has 2 aromatic carbocycles. The van der Waals surface area contributed by atoms with Crippen LogP contribution in [0.2, 0.25) is 0 Å². The van der Waals surface area contributed by atoms with Crippen molar-refractivity contribution in [2.45, 2.75) is 12.2 Å². The van der Waals surface area contributed by atoms with Crippen LogP contribution in [0.3, 0.4) is 0 Å². The molecule has 19 heavy (non-hydrogen) atoms. The Balaban J connectivity index is 2.47. The summed E-state index contributed by atoms with van der Waals surface area (Å²) in [5.74, 6) is -1.31. The fourth-order valence-corrected chi connectivity index (χ4v) is 1.85.